The Kier molecular flexibility index (Phi) is 3.53. The summed E-state index contributed by atoms with van der Waals surface area (Å²) < 4.78 is 7.38. The van der Waals surface area contributed by atoms with Crippen LogP contribution in [0.3, 0.4) is 0 Å². The summed E-state index contributed by atoms with van der Waals surface area (Å²) >= 11 is 0. The van der Waals surface area contributed by atoms with Crippen molar-refractivity contribution in [3.05, 3.63) is 30.4 Å². The maximum Gasteiger partial charge on any atom is 0.224 e. The van der Waals surface area contributed by atoms with Crippen LogP contribution in [0.5, 0.6) is 5.75 Å². The molecule has 6 heteroatoms. The molecule has 1 saturated heterocycles. The van der Waals surface area contributed by atoms with E-state index in [4.69, 9.17) is 4.74 Å². The van der Waals surface area contributed by atoms with Crippen LogP contribution in [0.1, 0.15) is 26.1 Å². The molecule has 0 radical (unpaired) electrons. The monoisotopic (exact) mass is 328 g/mol. The van der Waals surface area contributed by atoms with Crippen molar-refractivity contribution in [1.29, 1.82) is 0 Å². The highest BCUT2D eigenvalue weighted by Gasteiger charge is 2.48. The molecule has 0 aromatic carbocycles. The van der Waals surface area contributed by atoms with Crippen LogP contribution < -0.4 is 15.4 Å². The number of amides is 1. The molecule has 1 aliphatic carbocycles. The normalized spacial score (nSPS) is 26.0. The van der Waals surface area contributed by atoms with Crippen LogP contribution in [-0.2, 0) is 10.3 Å². The Bertz CT molecular complexity index is 768. The minimum atomic E-state index is -0.548. The maximum atomic E-state index is 12.8. The molecule has 2 bridgehead atoms. The van der Waals surface area contributed by atoms with Gasteiger partial charge in [0.2, 0.25) is 5.91 Å². The molecule has 128 valence electrons. The Hall–Kier alpha value is -2.08. The summed E-state index contributed by atoms with van der Waals surface area (Å²) in [5.41, 5.74) is 0.356. The highest BCUT2D eigenvalue weighted by molar-refractivity contribution is 5.81. The summed E-state index contributed by atoms with van der Waals surface area (Å²) in [6.07, 6.45) is 4.93. The number of carbonyl (C=O) groups is 1. The van der Waals surface area contributed by atoms with Crippen LogP contribution in [0.25, 0.3) is 5.52 Å². The molecule has 2 aromatic rings. The zero-order chi connectivity index (χ0) is 16.9. The lowest BCUT2D eigenvalue weighted by Crippen LogP contribution is -2.60. The zero-order valence-corrected chi connectivity index (χ0v) is 14.4. The SMILES string of the molecule is COc1cccn2c(C(C)(C)NC(=O)[C@H]3[C@@H]4CNC[C@H]3C4)ncc12. The van der Waals surface area contributed by atoms with Crippen molar-refractivity contribution < 1.29 is 9.53 Å². The molecule has 24 heavy (non-hydrogen) atoms. The van der Waals surface area contributed by atoms with Gasteiger partial charge < -0.3 is 15.4 Å². The van der Waals surface area contributed by atoms with Crippen molar-refractivity contribution in [1.82, 2.24) is 20.0 Å². The van der Waals surface area contributed by atoms with E-state index in [1.54, 1.807) is 13.3 Å². The van der Waals surface area contributed by atoms with Gasteiger partial charge in [0.05, 0.1) is 18.8 Å². The van der Waals surface area contributed by atoms with Gasteiger partial charge in [-0.25, -0.2) is 4.98 Å². The standard InChI is InChI=1S/C18H24N4O2/c1-18(2,21-16(23)15-11-7-12(15)9-19-8-11)17-20-10-13-14(24-3)5-4-6-22(13)17/h4-6,10-12,15,19H,7-9H2,1-3H3,(H,21,23)/t11-,12+,15-. The summed E-state index contributed by atoms with van der Waals surface area (Å²) in [5.74, 6) is 2.85. The zero-order valence-electron chi connectivity index (χ0n) is 14.4. The van der Waals surface area contributed by atoms with Gasteiger partial charge in [0.1, 0.15) is 17.1 Å². The van der Waals surface area contributed by atoms with Crippen molar-refractivity contribution in [2.75, 3.05) is 20.2 Å². The van der Waals surface area contributed by atoms with Crippen molar-refractivity contribution in [2.24, 2.45) is 17.8 Å². The number of pyridine rings is 1. The van der Waals surface area contributed by atoms with E-state index >= 15 is 0 Å². The first-order chi connectivity index (χ1) is 11.5. The van der Waals surface area contributed by atoms with Gasteiger partial charge in [-0.15, -0.1) is 0 Å². The van der Waals surface area contributed by atoms with Crippen molar-refractivity contribution >= 4 is 11.4 Å². The van der Waals surface area contributed by atoms with Crippen molar-refractivity contribution in [2.45, 2.75) is 25.8 Å². The summed E-state index contributed by atoms with van der Waals surface area (Å²) in [4.78, 5) is 17.4. The number of aromatic nitrogens is 2. The van der Waals surface area contributed by atoms with Gasteiger partial charge in [0.15, 0.2) is 0 Å². The Labute approximate surface area is 141 Å². The lowest BCUT2D eigenvalue weighted by molar-refractivity contribution is -0.138. The highest BCUT2D eigenvalue weighted by atomic mass is 16.5. The van der Waals surface area contributed by atoms with Crippen molar-refractivity contribution in [3.8, 4) is 5.75 Å². The van der Waals surface area contributed by atoms with E-state index < -0.39 is 5.54 Å². The van der Waals surface area contributed by atoms with Crippen LogP contribution in [-0.4, -0.2) is 35.5 Å². The second-order valence-electron chi connectivity index (χ2n) is 7.47. The van der Waals surface area contributed by atoms with E-state index in [1.807, 2.05) is 36.6 Å². The van der Waals surface area contributed by atoms with Gasteiger partial charge in [-0.05, 0) is 57.3 Å². The molecule has 2 aromatic heterocycles. The van der Waals surface area contributed by atoms with Crippen molar-refractivity contribution in [3.63, 3.8) is 0 Å². The number of nitrogens with zero attached hydrogens (tertiary/aromatic N) is 2. The Morgan fingerprint density at radius 1 is 1.42 bits per heavy atom. The fourth-order valence-corrected chi connectivity index (χ4v) is 4.25. The Morgan fingerprint density at radius 2 is 2.17 bits per heavy atom. The minimum absolute atomic E-state index is 0.145. The van der Waals surface area contributed by atoms with Gasteiger partial charge in [0.25, 0.3) is 0 Å². The Balaban J connectivity index is 1.60. The quantitative estimate of drug-likeness (QED) is 0.894. The lowest BCUT2D eigenvalue weighted by atomic mass is 9.61. The van der Waals surface area contributed by atoms with E-state index in [9.17, 15) is 4.79 Å². The number of fused-ring (bicyclic) bond motifs is 3. The van der Waals surface area contributed by atoms with Crippen LogP contribution in [0.4, 0.5) is 0 Å². The topological polar surface area (TPSA) is 67.7 Å². The largest absolute Gasteiger partial charge is 0.494 e. The molecule has 3 heterocycles. The fourth-order valence-electron chi connectivity index (χ4n) is 4.25. The molecule has 6 nitrogen and oxygen atoms in total. The first-order valence-electron chi connectivity index (χ1n) is 8.54. The average Bonchev–Trinajstić information content (AvgIpc) is 2.99. The fraction of sp³-hybridized carbons (Fsp3) is 0.556. The summed E-state index contributed by atoms with van der Waals surface area (Å²) in [6, 6.07) is 3.84. The molecule has 0 unspecified atom stereocenters. The van der Waals surface area contributed by atoms with E-state index in [0.29, 0.717) is 11.8 Å². The number of hydrogen-bond donors (Lipinski definition) is 2. The predicted octanol–water partition coefficient (Wildman–Crippen LogP) is 1.55. The van der Waals surface area contributed by atoms with E-state index in [-0.39, 0.29) is 11.8 Å². The van der Waals surface area contributed by atoms with Gasteiger partial charge in [-0.1, -0.05) is 0 Å². The number of ether oxygens (including phenoxy) is 1. The highest BCUT2D eigenvalue weighted by Crippen LogP contribution is 2.43. The van der Waals surface area contributed by atoms with Crippen LogP contribution >= 0.6 is 0 Å². The number of imidazole rings is 1. The summed E-state index contributed by atoms with van der Waals surface area (Å²) in [7, 11) is 1.65. The average molecular weight is 328 g/mol. The van der Waals surface area contributed by atoms with E-state index in [0.717, 1.165) is 30.2 Å². The molecule has 2 fully saturated rings. The van der Waals surface area contributed by atoms with Gasteiger partial charge >= 0.3 is 0 Å². The summed E-state index contributed by atoms with van der Waals surface area (Å²) in [6.45, 7) is 5.93. The molecule has 2 N–H and O–H groups in total. The molecule has 4 rings (SSSR count). The third kappa shape index (κ3) is 2.28. The third-order valence-electron chi connectivity index (χ3n) is 5.48. The predicted molar refractivity (Wildman–Crippen MR) is 90.9 cm³/mol. The molecule has 3 atom stereocenters. The van der Waals surface area contributed by atoms with Crippen LogP contribution in [0, 0.1) is 17.8 Å². The van der Waals surface area contributed by atoms with Gasteiger partial charge in [-0.3, -0.25) is 9.20 Å². The molecule has 1 aliphatic heterocycles. The second kappa shape index (κ2) is 5.48. The number of piperidine rings is 2. The number of carbonyl (C=O) groups excluding carboxylic acids is 1. The second-order valence-corrected chi connectivity index (χ2v) is 7.47. The number of nitrogens with one attached hydrogen (secondary N) is 2. The maximum absolute atomic E-state index is 12.8. The molecular formula is C18H24N4O2. The van der Waals surface area contributed by atoms with Crippen LogP contribution in [0.15, 0.2) is 24.5 Å². The molecule has 0 spiro atoms. The van der Waals surface area contributed by atoms with E-state index in [1.165, 1.54) is 6.42 Å². The van der Waals surface area contributed by atoms with Crippen LogP contribution in [0.2, 0.25) is 0 Å². The third-order valence-corrected chi connectivity index (χ3v) is 5.48. The van der Waals surface area contributed by atoms with Gasteiger partial charge in [0, 0.05) is 12.1 Å². The first kappa shape index (κ1) is 15.4. The minimum Gasteiger partial charge on any atom is -0.494 e. The Morgan fingerprint density at radius 3 is 2.83 bits per heavy atom. The number of rotatable bonds is 4. The molecule has 1 amide bonds. The molecule has 2 aliphatic rings. The summed E-state index contributed by atoms with van der Waals surface area (Å²) in [5, 5.41) is 6.61. The molecule has 1 saturated carbocycles. The number of hydrogen-bond acceptors (Lipinski definition) is 4. The van der Waals surface area contributed by atoms with Gasteiger partial charge in [-0.2, -0.15) is 0 Å². The van der Waals surface area contributed by atoms with E-state index in [2.05, 4.69) is 15.6 Å². The smallest absolute Gasteiger partial charge is 0.224 e. The number of methoxy groups -OCH3 is 1. The molecular weight excluding hydrogens is 304 g/mol. The lowest BCUT2D eigenvalue weighted by Gasteiger charge is -2.49. The first-order valence-corrected chi connectivity index (χ1v) is 8.54.